The number of aromatic nitrogens is 1. The molecule has 0 unspecified atom stereocenters. The number of aryl methyl sites for hydroxylation is 2. The van der Waals surface area contributed by atoms with Gasteiger partial charge < -0.3 is 4.57 Å². The third kappa shape index (κ3) is 2.40. The van der Waals surface area contributed by atoms with Crippen molar-refractivity contribution in [1.29, 1.82) is 0 Å². The van der Waals surface area contributed by atoms with Crippen molar-refractivity contribution in [2.75, 3.05) is 0 Å². The fourth-order valence-corrected chi connectivity index (χ4v) is 4.47. The SMILES string of the molecule is Cc1ccccc1-c1cccc(-n2c3ccccc3c3cccc(C)c32)c1C. The predicted molar refractivity (Wildman–Crippen MR) is 120 cm³/mol. The van der Waals surface area contributed by atoms with Gasteiger partial charge in [-0.25, -0.2) is 0 Å². The lowest BCUT2D eigenvalue weighted by Crippen LogP contribution is -2.00. The van der Waals surface area contributed by atoms with Crippen LogP contribution in [0.25, 0.3) is 38.6 Å². The summed E-state index contributed by atoms with van der Waals surface area (Å²) in [5.41, 5.74) is 10.3. The molecule has 0 aliphatic rings. The maximum Gasteiger partial charge on any atom is 0.0570 e. The molecule has 0 saturated heterocycles. The van der Waals surface area contributed by atoms with E-state index in [2.05, 4.69) is 110 Å². The first-order valence-corrected chi connectivity index (χ1v) is 9.81. The Morgan fingerprint density at radius 3 is 2.04 bits per heavy atom. The van der Waals surface area contributed by atoms with Gasteiger partial charge in [-0.1, -0.05) is 72.8 Å². The molecule has 28 heavy (non-hydrogen) atoms. The second-order valence-electron chi connectivity index (χ2n) is 7.59. The average Bonchev–Trinajstić information content (AvgIpc) is 3.05. The number of fused-ring (bicyclic) bond motifs is 3. The molecule has 0 atom stereocenters. The lowest BCUT2D eigenvalue weighted by atomic mass is 9.95. The average molecular weight is 361 g/mol. The van der Waals surface area contributed by atoms with Gasteiger partial charge in [-0.15, -0.1) is 0 Å². The predicted octanol–water partition coefficient (Wildman–Crippen LogP) is 7.38. The van der Waals surface area contributed by atoms with E-state index >= 15 is 0 Å². The van der Waals surface area contributed by atoms with E-state index in [-0.39, 0.29) is 0 Å². The molecule has 0 fully saturated rings. The minimum absolute atomic E-state index is 1.25. The van der Waals surface area contributed by atoms with E-state index < -0.39 is 0 Å². The molecule has 0 amide bonds. The molecule has 1 heterocycles. The summed E-state index contributed by atoms with van der Waals surface area (Å²) in [5.74, 6) is 0. The summed E-state index contributed by atoms with van der Waals surface area (Å²) in [6.45, 7) is 6.64. The van der Waals surface area contributed by atoms with E-state index in [9.17, 15) is 0 Å². The van der Waals surface area contributed by atoms with Crippen LogP contribution in [0.1, 0.15) is 16.7 Å². The monoisotopic (exact) mass is 361 g/mol. The van der Waals surface area contributed by atoms with E-state index in [4.69, 9.17) is 0 Å². The molecule has 5 aromatic rings. The molecule has 0 saturated carbocycles. The molecule has 0 N–H and O–H groups in total. The van der Waals surface area contributed by atoms with Crippen LogP contribution in [0.2, 0.25) is 0 Å². The van der Waals surface area contributed by atoms with Gasteiger partial charge in [0.05, 0.1) is 11.0 Å². The van der Waals surface area contributed by atoms with Gasteiger partial charge in [0.25, 0.3) is 0 Å². The van der Waals surface area contributed by atoms with Gasteiger partial charge in [-0.3, -0.25) is 0 Å². The van der Waals surface area contributed by atoms with Gasteiger partial charge in [0, 0.05) is 16.5 Å². The van der Waals surface area contributed by atoms with E-state index in [1.165, 1.54) is 55.3 Å². The zero-order valence-electron chi connectivity index (χ0n) is 16.5. The summed E-state index contributed by atoms with van der Waals surface area (Å²) in [5, 5.41) is 2.62. The minimum atomic E-state index is 1.25. The van der Waals surface area contributed by atoms with Gasteiger partial charge in [0.2, 0.25) is 0 Å². The Morgan fingerprint density at radius 1 is 0.536 bits per heavy atom. The quantitative estimate of drug-likeness (QED) is 0.309. The molecule has 0 aliphatic carbocycles. The highest BCUT2D eigenvalue weighted by molar-refractivity contribution is 6.10. The minimum Gasteiger partial charge on any atom is -0.309 e. The van der Waals surface area contributed by atoms with Crippen LogP contribution < -0.4 is 0 Å². The highest BCUT2D eigenvalue weighted by atomic mass is 15.0. The summed E-state index contributed by atoms with van der Waals surface area (Å²) in [6, 6.07) is 30.6. The molecule has 4 aromatic carbocycles. The fraction of sp³-hybridized carbons (Fsp3) is 0.111. The summed E-state index contributed by atoms with van der Waals surface area (Å²) in [4.78, 5) is 0. The van der Waals surface area contributed by atoms with Crippen LogP contribution in [0.5, 0.6) is 0 Å². The third-order valence-electron chi connectivity index (χ3n) is 5.88. The van der Waals surface area contributed by atoms with Gasteiger partial charge in [-0.2, -0.15) is 0 Å². The van der Waals surface area contributed by atoms with E-state index in [1.54, 1.807) is 0 Å². The third-order valence-corrected chi connectivity index (χ3v) is 5.88. The molecule has 0 radical (unpaired) electrons. The maximum atomic E-state index is 2.44. The molecule has 136 valence electrons. The number of hydrogen-bond acceptors (Lipinski definition) is 0. The Morgan fingerprint density at radius 2 is 1.18 bits per heavy atom. The zero-order valence-corrected chi connectivity index (χ0v) is 16.5. The summed E-state index contributed by atoms with van der Waals surface area (Å²) in [7, 11) is 0. The van der Waals surface area contributed by atoms with Crippen LogP contribution in [0, 0.1) is 20.8 Å². The second-order valence-corrected chi connectivity index (χ2v) is 7.59. The summed E-state index contributed by atoms with van der Waals surface area (Å²) >= 11 is 0. The molecular formula is C27H23N. The van der Waals surface area contributed by atoms with Crippen molar-refractivity contribution in [3.8, 4) is 16.8 Å². The molecule has 0 aliphatic heterocycles. The van der Waals surface area contributed by atoms with Crippen LogP contribution in [0.15, 0.2) is 84.9 Å². The smallest absolute Gasteiger partial charge is 0.0570 e. The fourth-order valence-electron chi connectivity index (χ4n) is 4.47. The standard InChI is InChI=1S/C27H23N/c1-18-10-4-5-12-21(18)22-14-9-17-25(20(22)3)28-26-16-7-6-13-23(26)24-15-8-11-19(2)27(24)28/h4-17H,1-3H3. The Kier molecular flexibility index (Phi) is 3.84. The second kappa shape index (κ2) is 6.38. The molecule has 1 aromatic heterocycles. The first-order valence-electron chi connectivity index (χ1n) is 9.81. The Balaban J connectivity index is 1.89. The zero-order chi connectivity index (χ0) is 19.3. The normalized spacial score (nSPS) is 11.4. The van der Waals surface area contributed by atoms with Crippen LogP contribution >= 0.6 is 0 Å². The summed E-state index contributed by atoms with van der Waals surface area (Å²) < 4.78 is 2.44. The van der Waals surface area contributed by atoms with Crippen molar-refractivity contribution in [2.45, 2.75) is 20.8 Å². The van der Waals surface area contributed by atoms with Crippen molar-refractivity contribution in [1.82, 2.24) is 4.57 Å². The largest absolute Gasteiger partial charge is 0.309 e. The molecule has 1 heteroatoms. The van der Waals surface area contributed by atoms with Crippen molar-refractivity contribution >= 4 is 21.8 Å². The van der Waals surface area contributed by atoms with Crippen LogP contribution in [0.3, 0.4) is 0 Å². The number of para-hydroxylation sites is 2. The van der Waals surface area contributed by atoms with Crippen molar-refractivity contribution in [3.05, 3.63) is 102 Å². The van der Waals surface area contributed by atoms with Gasteiger partial charge in [0.1, 0.15) is 0 Å². The number of benzene rings is 4. The van der Waals surface area contributed by atoms with E-state index in [1.807, 2.05) is 0 Å². The Hall–Kier alpha value is -3.32. The van der Waals surface area contributed by atoms with Crippen LogP contribution in [-0.2, 0) is 0 Å². The van der Waals surface area contributed by atoms with Crippen LogP contribution in [0.4, 0.5) is 0 Å². The Bertz CT molecular complexity index is 1340. The van der Waals surface area contributed by atoms with Crippen molar-refractivity contribution in [3.63, 3.8) is 0 Å². The first kappa shape index (κ1) is 16.8. The van der Waals surface area contributed by atoms with Crippen LogP contribution in [-0.4, -0.2) is 4.57 Å². The lowest BCUT2D eigenvalue weighted by molar-refractivity contribution is 1.14. The maximum absolute atomic E-state index is 2.44. The number of nitrogens with zero attached hydrogens (tertiary/aromatic N) is 1. The van der Waals surface area contributed by atoms with Crippen molar-refractivity contribution < 1.29 is 0 Å². The molecule has 0 bridgehead atoms. The topological polar surface area (TPSA) is 4.93 Å². The molecule has 5 rings (SSSR count). The van der Waals surface area contributed by atoms with Gasteiger partial charge >= 0.3 is 0 Å². The molecule has 0 spiro atoms. The molecule has 1 nitrogen and oxygen atoms in total. The first-order chi connectivity index (χ1) is 13.7. The molecular weight excluding hydrogens is 338 g/mol. The lowest BCUT2D eigenvalue weighted by Gasteiger charge is -2.17. The van der Waals surface area contributed by atoms with Gasteiger partial charge in [0.15, 0.2) is 0 Å². The van der Waals surface area contributed by atoms with E-state index in [0.29, 0.717) is 0 Å². The Labute approximate surface area is 165 Å². The number of rotatable bonds is 2. The van der Waals surface area contributed by atoms with E-state index in [0.717, 1.165) is 0 Å². The highest BCUT2D eigenvalue weighted by Gasteiger charge is 2.16. The summed E-state index contributed by atoms with van der Waals surface area (Å²) in [6.07, 6.45) is 0. The highest BCUT2D eigenvalue weighted by Crippen LogP contribution is 2.37. The van der Waals surface area contributed by atoms with Crippen molar-refractivity contribution in [2.24, 2.45) is 0 Å². The van der Waals surface area contributed by atoms with Gasteiger partial charge in [-0.05, 0) is 60.7 Å². The number of hydrogen-bond donors (Lipinski definition) is 0.